The third-order valence-electron chi connectivity index (χ3n) is 6.15. The SMILES string of the molecule is COC(=O)C1=C(C(=O)OC)N(c2ccc(N3CCOCC3)c(Br)c2)C(N)=C(C#N)C1c1ccccc1. The van der Waals surface area contributed by atoms with Crippen LogP contribution >= 0.6 is 15.9 Å². The molecule has 0 aliphatic carbocycles. The van der Waals surface area contributed by atoms with Gasteiger partial charge in [0.2, 0.25) is 0 Å². The van der Waals surface area contributed by atoms with Gasteiger partial charge < -0.3 is 24.8 Å². The van der Waals surface area contributed by atoms with Crippen LogP contribution in [0.4, 0.5) is 11.4 Å². The Labute approximate surface area is 217 Å². The standard InChI is InChI=1S/C26H25BrN4O5/c1-34-25(32)22-21(16-6-4-3-5-7-16)18(15-28)24(29)31(23(22)26(33)35-2)17-8-9-20(19(27)14-17)30-10-12-36-13-11-30/h3-9,14,21H,10-13,29H2,1-2H3. The van der Waals surface area contributed by atoms with Crippen molar-refractivity contribution in [2.24, 2.45) is 5.73 Å². The number of esters is 2. The van der Waals surface area contributed by atoms with Gasteiger partial charge in [-0.3, -0.25) is 4.90 Å². The van der Waals surface area contributed by atoms with Gasteiger partial charge in [-0.05, 0) is 39.7 Å². The minimum Gasteiger partial charge on any atom is -0.466 e. The lowest BCUT2D eigenvalue weighted by atomic mass is 9.81. The zero-order valence-electron chi connectivity index (χ0n) is 19.9. The van der Waals surface area contributed by atoms with Gasteiger partial charge in [-0.15, -0.1) is 0 Å². The largest absolute Gasteiger partial charge is 0.466 e. The molecule has 36 heavy (non-hydrogen) atoms. The Morgan fingerprint density at radius 1 is 1.08 bits per heavy atom. The van der Waals surface area contributed by atoms with E-state index in [0.29, 0.717) is 24.5 Å². The summed E-state index contributed by atoms with van der Waals surface area (Å²) in [6, 6.07) is 16.5. The van der Waals surface area contributed by atoms with Crippen LogP contribution in [0.5, 0.6) is 0 Å². The van der Waals surface area contributed by atoms with E-state index < -0.39 is 17.9 Å². The molecular formula is C26H25BrN4O5. The normalized spacial score (nSPS) is 18.1. The van der Waals surface area contributed by atoms with Crippen molar-refractivity contribution in [3.8, 4) is 6.07 Å². The molecule has 0 aromatic heterocycles. The van der Waals surface area contributed by atoms with Crippen LogP contribution in [0.2, 0.25) is 0 Å². The number of morpholine rings is 1. The third-order valence-corrected chi connectivity index (χ3v) is 6.79. The summed E-state index contributed by atoms with van der Waals surface area (Å²) in [6.07, 6.45) is 0. The fourth-order valence-electron chi connectivity index (χ4n) is 4.48. The Bertz CT molecular complexity index is 1280. The van der Waals surface area contributed by atoms with Gasteiger partial charge >= 0.3 is 11.9 Å². The number of benzene rings is 2. The Hall–Kier alpha value is -3.81. The van der Waals surface area contributed by atoms with Crippen LogP contribution in [-0.4, -0.2) is 52.5 Å². The van der Waals surface area contributed by atoms with E-state index in [9.17, 15) is 14.9 Å². The summed E-state index contributed by atoms with van der Waals surface area (Å²) in [5.41, 5.74) is 8.56. The van der Waals surface area contributed by atoms with Crippen molar-refractivity contribution in [1.82, 2.24) is 0 Å². The number of halogens is 1. The molecule has 1 saturated heterocycles. The molecule has 9 nitrogen and oxygen atoms in total. The lowest BCUT2D eigenvalue weighted by Gasteiger charge is -2.36. The minimum absolute atomic E-state index is 0.0189. The number of ether oxygens (including phenoxy) is 3. The van der Waals surface area contributed by atoms with Crippen LogP contribution in [0, 0.1) is 11.3 Å². The van der Waals surface area contributed by atoms with Crippen molar-refractivity contribution in [2.45, 2.75) is 5.92 Å². The zero-order chi connectivity index (χ0) is 25.8. The third kappa shape index (κ3) is 4.55. The average Bonchev–Trinajstić information content (AvgIpc) is 2.92. The smallest absolute Gasteiger partial charge is 0.355 e. The number of methoxy groups -OCH3 is 2. The average molecular weight is 553 g/mol. The maximum absolute atomic E-state index is 13.2. The van der Waals surface area contributed by atoms with E-state index in [1.807, 2.05) is 12.1 Å². The Morgan fingerprint density at radius 3 is 2.33 bits per heavy atom. The fraction of sp³-hybridized carbons (Fsp3) is 0.269. The summed E-state index contributed by atoms with van der Waals surface area (Å²) >= 11 is 3.63. The maximum Gasteiger partial charge on any atom is 0.355 e. The van der Waals surface area contributed by atoms with Gasteiger partial charge in [-0.1, -0.05) is 30.3 Å². The summed E-state index contributed by atoms with van der Waals surface area (Å²) in [6.45, 7) is 2.72. The molecule has 4 rings (SSSR count). The van der Waals surface area contributed by atoms with Crippen LogP contribution in [0.3, 0.4) is 0 Å². The van der Waals surface area contributed by atoms with Gasteiger partial charge in [0.1, 0.15) is 11.5 Å². The summed E-state index contributed by atoms with van der Waals surface area (Å²) in [5, 5.41) is 10.1. The number of nitrogens with zero attached hydrogens (tertiary/aromatic N) is 3. The number of anilines is 2. The maximum atomic E-state index is 13.2. The van der Waals surface area contributed by atoms with E-state index in [0.717, 1.165) is 23.2 Å². The first-order chi connectivity index (χ1) is 17.4. The lowest BCUT2D eigenvalue weighted by Crippen LogP contribution is -2.41. The van der Waals surface area contributed by atoms with Crippen molar-refractivity contribution in [1.29, 1.82) is 5.26 Å². The number of allylic oxidation sites excluding steroid dienone is 1. The molecule has 0 bridgehead atoms. The summed E-state index contributed by atoms with van der Waals surface area (Å²) in [4.78, 5) is 29.9. The zero-order valence-corrected chi connectivity index (χ0v) is 21.4. The quantitative estimate of drug-likeness (QED) is 0.557. The van der Waals surface area contributed by atoms with Gasteiger partial charge in [-0.2, -0.15) is 5.26 Å². The van der Waals surface area contributed by atoms with Gasteiger partial charge in [0.25, 0.3) is 0 Å². The van der Waals surface area contributed by atoms with Crippen molar-refractivity contribution < 1.29 is 23.8 Å². The molecular weight excluding hydrogens is 528 g/mol. The number of carbonyl (C=O) groups excluding carboxylic acids is 2. The molecule has 2 aromatic rings. The van der Waals surface area contributed by atoms with E-state index >= 15 is 0 Å². The highest BCUT2D eigenvalue weighted by Gasteiger charge is 2.43. The highest BCUT2D eigenvalue weighted by molar-refractivity contribution is 9.10. The first kappa shape index (κ1) is 25.3. The van der Waals surface area contributed by atoms with Gasteiger partial charge in [0.05, 0.1) is 56.3 Å². The molecule has 2 aromatic carbocycles. The summed E-state index contributed by atoms with van der Waals surface area (Å²) < 4.78 is 16.3. The Morgan fingerprint density at radius 2 is 1.75 bits per heavy atom. The van der Waals surface area contributed by atoms with E-state index in [4.69, 9.17) is 19.9 Å². The van der Waals surface area contributed by atoms with Gasteiger partial charge in [-0.25, -0.2) is 9.59 Å². The van der Waals surface area contributed by atoms with Crippen molar-refractivity contribution >= 4 is 39.2 Å². The second-order valence-corrected chi connectivity index (χ2v) is 8.92. The van der Waals surface area contributed by atoms with E-state index in [1.54, 1.807) is 36.4 Å². The van der Waals surface area contributed by atoms with Gasteiger partial charge in [0.15, 0.2) is 0 Å². The molecule has 186 valence electrons. The molecule has 0 amide bonds. The molecule has 0 radical (unpaired) electrons. The Kier molecular flexibility index (Phi) is 7.62. The minimum atomic E-state index is -0.912. The number of nitriles is 1. The molecule has 2 aliphatic heterocycles. The molecule has 1 unspecified atom stereocenters. The number of carbonyl (C=O) groups is 2. The van der Waals surface area contributed by atoms with Crippen LogP contribution in [-0.2, 0) is 23.8 Å². The first-order valence-electron chi connectivity index (χ1n) is 11.2. The molecule has 10 heteroatoms. The number of hydrogen-bond acceptors (Lipinski definition) is 9. The van der Waals surface area contributed by atoms with Gasteiger partial charge in [0, 0.05) is 23.2 Å². The van der Waals surface area contributed by atoms with Crippen molar-refractivity contribution in [3.05, 3.63) is 81.2 Å². The van der Waals surface area contributed by atoms with Crippen molar-refractivity contribution in [3.63, 3.8) is 0 Å². The molecule has 2 N–H and O–H groups in total. The number of hydrogen-bond donors (Lipinski definition) is 1. The monoisotopic (exact) mass is 552 g/mol. The van der Waals surface area contributed by atoms with Crippen LogP contribution in [0.1, 0.15) is 11.5 Å². The van der Waals surface area contributed by atoms with Crippen molar-refractivity contribution in [2.75, 3.05) is 50.3 Å². The second-order valence-electron chi connectivity index (χ2n) is 8.07. The van der Waals surface area contributed by atoms with Crippen LogP contribution < -0.4 is 15.5 Å². The predicted molar refractivity (Wildman–Crippen MR) is 137 cm³/mol. The fourth-order valence-corrected chi connectivity index (χ4v) is 5.09. The molecule has 1 atom stereocenters. The van der Waals surface area contributed by atoms with Crippen LogP contribution in [0.25, 0.3) is 0 Å². The molecule has 0 saturated carbocycles. The first-order valence-corrected chi connectivity index (χ1v) is 12.0. The summed E-state index contributed by atoms with van der Waals surface area (Å²) in [5.74, 6) is -2.45. The van der Waals surface area contributed by atoms with E-state index in [2.05, 4.69) is 26.9 Å². The molecule has 2 aliphatic rings. The molecule has 0 spiro atoms. The molecule has 1 fully saturated rings. The Balaban J connectivity index is 1.94. The predicted octanol–water partition coefficient (Wildman–Crippen LogP) is 3.18. The lowest BCUT2D eigenvalue weighted by molar-refractivity contribution is -0.139. The summed E-state index contributed by atoms with van der Waals surface area (Å²) in [7, 11) is 2.44. The topological polar surface area (TPSA) is 118 Å². The van der Waals surface area contributed by atoms with Crippen LogP contribution in [0.15, 0.2) is 75.7 Å². The second kappa shape index (κ2) is 10.8. The highest BCUT2D eigenvalue weighted by atomic mass is 79.9. The molecule has 2 heterocycles. The number of nitrogens with two attached hydrogens (primary N) is 1. The highest BCUT2D eigenvalue weighted by Crippen LogP contribution is 2.44. The van der Waals surface area contributed by atoms with E-state index in [-0.39, 0.29) is 22.7 Å². The number of rotatable bonds is 5. The van der Waals surface area contributed by atoms with E-state index in [1.165, 1.54) is 19.1 Å².